The highest BCUT2D eigenvalue weighted by Gasteiger charge is 2.11. The molecule has 1 atom stereocenters. The summed E-state index contributed by atoms with van der Waals surface area (Å²) in [5.74, 6) is 0. The van der Waals surface area contributed by atoms with E-state index in [1.807, 2.05) is 24.3 Å². The fourth-order valence-electron chi connectivity index (χ4n) is 2.16. The maximum absolute atomic E-state index is 10.2. The average molecular weight is 310 g/mol. The third kappa shape index (κ3) is 4.60. The van der Waals surface area contributed by atoms with Gasteiger partial charge in [0.15, 0.2) is 0 Å². The van der Waals surface area contributed by atoms with Gasteiger partial charge in [-0.15, -0.1) is 11.3 Å². The molecule has 1 unspecified atom stereocenters. The first-order valence-electron chi connectivity index (χ1n) is 6.87. The number of rotatable bonds is 7. The minimum Gasteiger partial charge on any atom is -0.388 e. The Morgan fingerprint density at radius 1 is 1.30 bits per heavy atom. The van der Waals surface area contributed by atoms with Crippen LogP contribution >= 0.6 is 22.9 Å². The van der Waals surface area contributed by atoms with Crippen molar-refractivity contribution in [3.05, 3.63) is 57.2 Å². The Bertz CT molecular complexity index is 515. The van der Waals surface area contributed by atoms with E-state index in [9.17, 15) is 5.11 Å². The summed E-state index contributed by atoms with van der Waals surface area (Å²) >= 11 is 7.73. The van der Waals surface area contributed by atoms with E-state index in [0.29, 0.717) is 5.02 Å². The largest absolute Gasteiger partial charge is 0.388 e. The van der Waals surface area contributed by atoms with Crippen LogP contribution in [0.2, 0.25) is 5.02 Å². The van der Waals surface area contributed by atoms with E-state index in [-0.39, 0.29) is 0 Å². The van der Waals surface area contributed by atoms with Crippen molar-refractivity contribution < 1.29 is 5.11 Å². The molecule has 2 rings (SSSR count). The Hall–Kier alpha value is -0.870. The summed E-state index contributed by atoms with van der Waals surface area (Å²) in [6, 6.07) is 11.7. The molecule has 1 aromatic heterocycles. The number of thiophene rings is 1. The highest BCUT2D eigenvalue weighted by molar-refractivity contribution is 7.09. The molecule has 0 amide bonds. The third-order valence-corrected chi connectivity index (χ3v) is 4.46. The summed E-state index contributed by atoms with van der Waals surface area (Å²) < 4.78 is 0. The molecule has 0 bridgehead atoms. The van der Waals surface area contributed by atoms with Crippen molar-refractivity contribution in [1.29, 1.82) is 0 Å². The number of nitrogens with zero attached hydrogens (tertiary/aromatic N) is 1. The normalized spacial score (nSPS) is 12.8. The van der Waals surface area contributed by atoms with Crippen LogP contribution in [0, 0.1) is 0 Å². The molecule has 4 heteroatoms. The second-order valence-corrected chi connectivity index (χ2v) is 6.28. The van der Waals surface area contributed by atoms with Gasteiger partial charge in [-0.05, 0) is 42.1 Å². The first-order valence-corrected chi connectivity index (χ1v) is 8.13. The van der Waals surface area contributed by atoms with Crippen LogP contribution in [0.15, 0.2) is 41.8 Å². The van der Waals surface area contributed by atoms with Crippen LogP contribution in [0.4, 0.5) is 0 Å². The number of aliphatic hydroxyl groups excluding tert-OH is 1. The number of halogens is 1. The number of benzene rings is 1. The van der Waals surface area contributed by atoms with Gasteiger partial charge in [-0.25, -0.2) is 0 Å². The standard InChI is InChI=1S/C16H20ClNOS/c1-2-18(12-15-7-4-10-20-15)9-8-16(19)13-5-3-6-14(17)11-13/h3-7,10-11,16,19H,2,8-9,12H2,1H3. The Morgan fingerprint density at radius 3 is 2.80 bits per heavy atom. The molecule has 0 aliphatic carbocycles. The molecule has 0 aliphatic rings. The Kier molecular flexibility index (Phi) is 6.05. The smallest absolute Gasteiger partial charge is 0.0802 e. The van der Waals surface area contributed by atoms with Crippen molar-refractivity contribution in [2.75, 3.05) is 13.1 Å². The highest BCUT2D eigenvalue weighted by atomic mass is 35.5. The van der Waals surface area contributed by atoms with Crippen LogP contribution in [-0.2, 0) is 6.54 Å². The third-order valence-electron chi connectivity index (χ3n) is 3.36. The molecule has 108 valence electrons. The molecule has 0 saturated heterocycles. The van der Waals surface area contributed by atoms with E-state index in [1.165, 1.54) is 4.88 Å². The second kappa shape index (κ2) is 7.79. The maximum atomic E-state index is 10.2. The van der Waals surface area contributed by atoms with Crippen molar-refractivity contribution >= 4 is 22.9 Å². The minimum atomic E-state index is -0.453. The molecule has 0 spiro atoms. The van der Waals surface area contributed by atoms with E-state index in [0.717, 1.165) is 31.6 Å². The highest BCUT2D eigenvalue weighted by Crippen LogP contribution is 2.21. The topological polar surface area (TPSA) is 23.5 Å². The minimum absolute atomic E-state index is 0.453. The lowest BCUT2D eigenvalue weighted by Gasteiger charge is -2.21. The quantitative estimate of drug-likeness (QED) is 0.822. The number of aliphatic hydroxyl groups is 1. The summed E-state index contributed by atoms with van der Waals surface area (Å²) in [5, 5.41) is 13.0. The van der Waals surface area contributed by atoms with E-state index < -0.39 is 6.10 Å². The van der Waals surface area contributed by atoms with Gasteiger partial charge in [0.05, 0.1) is 6.10 Å². The lowest BCUT2D eigenvalue weighted by atomic mass is 10.1. The van der Waals surface area contributed by atoms with Crippen molar-refractivity contribution in [1.82, 2.24) is 4.90 Å². The lowest BCUT2D eigenvalue weighted by Crippen LogP contribution is -2.24. The summed E-state index contributed by atoms with van der Waals surface area (Å²) in [6.07, 6.45) is 0.269. The average Bonchev–Trinajstić information content (AvgIpc) is 2.96. The van der Waals surface area contributed by atoms with E-state index >= 15 is 0 Å². The molecule has 1 aromatic carbocycles. The zero-order valence-electron chi connectivity index (χ0n) is 11.6. The van der Waals surface area contributed by atoms with Gasteiger partial charge in [-0.1, -0.05) is 36.7 Å². The van der Waals surface area contributed by atoms with Gasteiger partial charge in [-0.3, -0.25) is 4.90 Å². The van der Waals surface area contributed by atoms with E-state index in [2.05, 4.69) is 29.3 Å². The molecule has 20 heavy (non-hydrogen) atoms. The Morgan fingerprint density at radius 2 is 2.15 bits per heavy atom. The molecular weight excluding hydrogens is 290 g/mol. The van der Waals surface area contributed by atoms with Gasteiger partial charge in [-0.2, -0.15) is 0 Å². The van der Waals surface area contributed by atoms with Crippen LogP contribution < -0.4 is 0 Å². The second-order valence-electron chi connectivity index (χ2n) is 4.81. The Balaban J connectivity index is 1.86. The van der Waals surface area contributed by atoms with Crippen molar-refractivity contribution in [3.8, 4) is 0 Å². The molecule has 1 heterocycles. The Labute approximate surface area is 129 Å². The predicted molar refractivity (Wildman–Crippen MR) is 86.3 cm³/mol. The zero-order valence-corrected chi connectivity index (χ0v) is 13.2. The van der Waals surface area contributed by atoms with Crippen LogP contribution in [0.1, 0.15) is 29.9 Å². The summed E-state index contributed by atoms with van der Waals surface area (Å²) in [7, 11) is 0. The monoisotopic (exact) mass is 309 g/mol. The maximum Gasteiger partial charge on any atom is 0.0802 e. The molecule has 0 fully saturated rings. The molecular formula is C16H20ClNOS. The first kappa shape index (κ1) is 15.5. The lowest BCUT2D eigenvalue weighted by molar-refractivity contribution is 0.142. The molecule has 2 aromatic rings. The molecule has 1 N–H and O–H groups in total. The SMILES string of the molecule is CCN(CCC(O)c1cccc(Cl)c1)Cc1cccs1. The van der Waals surface area contributed by atoms with Gasteiger partial charge in [0, 0.05) is 23.0 Å². The van der Waals surface area contributed by atoms with Gasteiger partial charge >= 0.3 is 0 Å². The van der Waals surface area contributed by atoms with Crippen LogP contribution in [0.25, 0.3) is 0 Å². The fraction of sp³-hybridized carbons (Fsp3) is 0.375. The van der Waals surface area contributed by atoms with Gasteiger partial charge in [0.1, 0.15) is 0 Å². The van der Waals surface area contributed by atoms with Crippen molar-refractivity contribution in [2.45, 2.75) is 26.0 Å². The van der Waals surface area contributed by atoms with Crippen LogP contribution in [0.3, 0.4) is 0 Å². The zero-order chi connectivity index (χ0) is 14.4. The van der Waals surface area contributed by atoms with Crippen molar-refractivity contribution in [2.24, 2.45) is 0 Å². The molecule has 0 aliphatic heterocycles. The predicted octanol–water partition coefficient (Wildman–Crippen LogP) is 4.35. The molecule has 0 saturated carbocycles. The molecule has 0 radical (unpaired) electrons. The van der Waals surface area contributed by atoms with Crippen LogP contribution in [0.5, 0.6) is 0 Å². The summed E-state index contributed by atoms with van der Waals surface area (Å²) in [6.45, 7) is 4.97. The first-order chi connectivity index (χ1) is 9.69. The van der Waals surface area contributed by atoms with E-state index in [1.54, 1.807) is 11.3 Å². The fourth-order valence-corrected chi connectivity index (χ4v) is 3.10. The van der Waals surface area contributed by atoms with E-state index in [4.69, 9.17) is 11.6 Å². The summed E-state index contributed by atoms with van der Waals surface area (Å²) in [4.78, 5) is 3.71. The van der Waals surface area contributed by atoms with Crippen LogP contribution in [-0.4, -0.2) is 23.1 Å². The number of hydrogen-bond donors (Lipinski definition) is 1. The molecule has 2 nitrogen and oxygen atoms in total. The van der Waals surface area contributed by atoms with Crippen molar-refractivity contribution in [3.63, 3.8) is 0 Å². The van der Waals surface area contributed by atoms with Gasteiger partial charge in [0.25, 0.3) is 0 Å². The van der Waals surface area contributed by atoms with Gasteiger partial charge in [0.2, 0.25) is 0 Å². The van der Waals surface area contributed by atoms with Gasteiger partial charge < -0.3 is 5.11 Å². The number of hydrogen-bond acceptors (Lipinski definition) is 3. The summed E-state index contributed by atoms with van der Waals surface area (Å²) in [5.41, 5.74) is 0.893.